The van der Waals surface area contributed by atoms with E-state index in [0.29, 0.717) is 5.02 Å². The standard InChI is InChI=1S/C11H11ClFN.ClH/c12-10-5-9(6-11(13)7-10)8-1-3-14-4-2-8;/h1,5-7,14H,2-4H2;1H. The molecule has 1 aromatic rings. The van der Waals surface area contributed by atoms with Crippen LogP contribution in [0.2, 0.25) is 5.02 Å². The molecule has 0 bridgehead atoms. The first-order chi connectivity index (χ1) is 6.75. The molecule has 1 aliphatic heterocycles. The molecule has 4 heteroatoms. The SMILES string of the molecule is Cl.Fc1cc(Cl)cc(C2=CCNCC2)c1. The van der Waals surface area contributed by atoms with Crippen LogP contribution in [0.25, 0.3) is 5.57 Å². The molecular formula is C11H12Cl2FN. The highest BCUT2D eigenvalue weighted by atomic mass is 35.5. The minimum absolute atomic E-state index is 0. The summed E-state index contributed by atoms with van der Waals surface area (Å²) in [4.78, 5) is 0. The van der Waals surface area contributed by atoms with Crippen LogP contribution in [0.3, 0.4) is 0 Å². The Hall–Kier alpha value is -0.570. The Balaban J connectivity index is 0.00000112. The first-order valence-corrected chi connectivity index (χ1v) is 5.00. The van der Waals surface area contributed by atoms with Gasteiger partial charge in [-0.2, -0.15) is 0 Å². The summed E-state index contributed by atoms with van der Waals surface area (Å²) in [5.41, 5.74) is 2.07. The predicted octanol–water partition coefficient (Wildman–Crippen LogP) is 3.28. The lowest BCUT2D eigenvalue weighted by molar-refractivity contribution is 0.627. The van der Waals surface area contributed by atoms with Gasteiger partial charge in [-0.25, -0.2) is 4.39 Å². The van der Waals surface area contributed by atoms with Crippen LogP contribution in [0, 0.1) is 5.82 Å². The van der Waals surface area contributed by atoms with Gasteiger partial charge in [0, 0.05) is 11.6 Å². The normalized spacial score (nSPS) is 15.5. The number of rotatable bonds is 1. The van der Waals surface area contributed by atoms with Crippen molar-refractivity contribution in [2.45, 2.75) is 6.42 Å². The molecule has 1 N–H and O–H groups in total. The van der Waals surface area contributed by atoms with Crippen LogP contribution in [0.5, 0.6) is 0 Å². The van der Waals surface area contributed by atoms with Gasteiger partial charge in [-0.15, -0.1) is 12.4 Å². The van der Waals surface area contributed by atoms with Crippen molar-refractivity contribution in [1.29, 1.82) is 0 Å². The summed E-state index contributed by atoms with van der Waals surface area (Å²) < 4.78 is 13.1. The van der Waals surface area contributed by atoms with Crippen molar-refractivity contribution in [1.82, 2.24) is 5.32 Å². The third-order valence-electron chi connectivity index (χ3n) is 2.30. The predicted molar refractivity (Wildman–Crippen MR) is 64.1 cm³/mol. The fourth-order valence-corrected chi connectivity index (χ4v) is 1.85. The number of halogens is 3. The second-order valence-electron chi connectivity index (χ2n) is 3.34. The molecule has 1 heterocycles. The summed E-state index contributed by atoms with van der Waals surface area (Å²) in [7, 11) is 0. The molecule has 1 nitrogen and oxygen atoms in total. The second-order valence-corrected chi connectivity index (χ2v) is 3.78. The van der Waals surface area contributed by atoms with E-state index >= 15 is 0 Å². The first-order valence-electron chi connectivity index (χ1n) is 4.62. The zero-order valence-electron chi connectivity index (χ0n) is 8.09. The van der Waals surface area contributed by atoms with Crippen LogP contribution in [0.1, 0.15) is 12.0 Å². The van der Waals surface area contributed by atoms with Gasteiger partial charge in [0.15, 0.2) is 0 Å². The molecule has 2 rings (SSSR count). The van der Waals surface area contributed by atoms with E-state index in [9.17, 15) is 4.39 Å². The molecule has 0 saturated heterocycles. The molecule has 1 aliphatic rings. The maximum Gasteiger partial charge on any atom is 0.125 e. The number of benzene rings is 1. The van der Waals surface area contributed by atoms with Crippen LogP contribution in [0.15, 0.2) is 24.3 Å². The lowest BCUT2D eigenvalue weighted by Gasteiger charge is -2.14. The van der Waals surface area contributed by atoms with E-state index in [0.717, 1.165) is 25.1 Å². The minimum atomic E-state index is -0.271. The zero-order valence-corrected chi connectivity index (χ0v) is 9.67. The van der Waals surface area contributed by atoms with Crippen molar-refractivity contribution < 1.29 is 4.39 Å². The molecule has 0 unspecified atom stereocenters. The fraction of sp³-hybridized carbons (Fsp3) is 0.273. The molecule has 0 fully saturated rings. The van der Waals surface area contributed by atoms with E-state index in [1.54, 1.807) is 0 Å². The van der Waals surface area contributed by atoms with Gasteiger partial charge in [0.05, 0.1) is 0 Å². The first kappa shape index (κ1) is 12.5. The molecule has 0 saturated carbocycles. The molecule has 0 aliphatic carbocycles. The van der Waals surface area contributed by atoms with Crippen molar-refractivity contribution in [2.24, 2.45) is 0 Å². The van der Waals surface area contributed by atoms with Crippen molar-refractivity contribution in [3.8, 4) is 0 Å². The van der Waals surface area contributed by atoms with Gasteiger partial charge in [-0.1, -0.05) is 17.7 Å². The number of hydrogen-bond donors (Lipinski definition) is 1. The van der Waals surface area contributed by atoms with Crippen LogP contribution in [-0.2, 0) is 0 Å². The molecule has 15 heavy (non-hydrogen) atoms. The summed E-state index contributed by atoms with van der Waals surface area (Å²) in [5, 5.41) is 3.67. The quantitative estimate of drug-likeness (QED) is 0.804. The summed E-state index contributed by atoms with van der Waals surface area (Å²) in [6, 6.07) is 4.66. The molecule has 0 amide bonds. The van der Waals surface area contributed by atoms with Crippen LogP contribution >= 0.6 is 24.0 Å². The van der Waals surface area contributed by atoms with Crippen molar-refractivity contribution in [3.05, 3.63) is 40.7 Å². The van der Waals surface area contributed by atoms with Gasteiger partial charge in [0.1, 0.15) is 5.82 Å². The van der Waals surface area contributed by atoms with Crippen LogP contribution in [-0.4, -0.2) is 13.1 Å². The van der Waals surface area contributed by atoms with Crippen molar-refractivity contribution >= 4 is 29.6 Å². The number of nitrogens with one attached hydrogen (secondary N) is 1. The lowest BCUT2D eigenvalue weighted by Crippen LogP contribution is -2.20. The Kier molecular flexibility index (Phi) is 4.58. The fourth-order valence-electron chi connectivity index (χ4n) is 1.62. The highest BCUT2D eigenvalue weighted by Gasteiger charge is 2.07. The van der Waals surface area contributed by atoms with Gasteiger partial charge < -0.3 is 5.32 Å². The summed E-state index contributed by atoms with van der Waals surface area (Å²) in [6.07, 6.45) is 3.01. The van der Waals surface area contributed by atoms with Crippen molar-refractivity contribution in [2.75, 3.05) is 13.1 Å². The monoisotopic (exact) mass is 247 g/mol. The minimum Gasteiger partial charge on any atom is -0.313 e. The zero-order chi connectivity index (χ0) is 9.97. The second kappa shape index (κ2) is 5.50. The Labute approximate surface area is 99.7 Å². The number of hydrogen-bond acceptors (Lipinski definition) is 1. The van der Waals surface area contributed by atoms with Crippen LogP contribution < -0.4 is 5.32 Å². The molecule has 82 valence electrons. The van der Waals surface area contributed by atoms with Gasteiger partial charge in [0.2, 0.25) is 0 Å². The molecule has 0 aromatic heterocycles. The Morgan fingerprint density at radius 1 is 1.27 bits per heavy atom. The molecule has 1 aromatic carbocycles. The molecule has 0 radical (unpaired) electrons. The Morgan fingerprint density at radius 3 is 2.67 bits per heavy atom. The topological polar surface area (TPSA) is 12.0 Å². The summed E-state index contributed by atoms with van der Waals surface area (Å²) in [6.45, 7) is 1.80. The maximum absolute atomic E-state index is 13.1. The molecular weight excluding hydrogens is 236 g/mol. The van der Waals surface area contributed by atoms with E-state index in [4.69, 9.17) is 11.6 Å². The highest BCUT2D eigenvalue weighted by molar-refractivity contribution is 6.30. The average molecular weight is 248 g/mol. The maximum atomic E-state index is 13.1. The van der Waals surface area contributed by atoms with Gasteiger partial charge in [-0.3, -0.25) is 0 Å². The largest absolute Gasteiger partial charge is 0.313 e. The summed E-state index contributed by atoms with van der Waals surface area (Å²) in [5.74, 6) is -0.271. The molecule has 0 spiro atoms. The average Bonchev–Trinajstić information content (AvgIpc) is 2.18. The van der Waals surface area contributed by atoms with Crippen LogP contribution in [0.4, 0.5) is 4.39 Å². The Bertz CT molecular complexity index is 357. The van der Waals surface area contributed by atoms with Gasteiger partial charge in [0.25, 0.3) is 0 Å². The van der Waals surface area contributed by atoms with E-state index in [1.165, 1.54) is 17.7 Å². The third-order valence-corrected chi connectivity index (χ3v) is 2.52. The molecule has 0 atom stereocenters. The van der Waals surface area contributed by atoms with E-state index in [1.807, 2.05) is 6.07 Å². The van der Waals surface area contributed by atoms with Gasteiger partial charge in [-0.05, 0) is 42.3 Å². The van der Waals surface area contributed by atoms with E-state index in [-0.39, 0.29) is 18.2 Å². The Morgan fingerprint density at radius 2 is 2.07 bits per heavy atom. The van der Waals surface area contributed by atoms with E-state index in [2.05, 4.69) is 11.4 Å². The lowest BCUT2D eigenvalue weighted by atomic mass is 10.0. The smallest absolute Gasteiger partial charge is 0.125 e. The van der Waals surface area contributed by atoms with Crippen molar-refractivity contribution in [3.63, 3.8) is 0 Å². The third kappa shape index (κ3) is 3.20. The summed E-state index contributed by atoms with van der Waals surface area (Å²) >= 11 is 5.79. The van der Waals surface area contributed by atoms with E-state index < -0.39 is 0 Å². The highest BCUT2D eigenvalue weighted by Crippen LogP contribution is 2.23. The van der Waals surface area contributed by atoms with Gasteiger partial charge >= 0.3 is 0 Å².